The van der Waals surface area contributed by atoms with Crippen LogP contribution in [0.1, 0.15) is 33.1 Å². The molecule has 18 heavy (non-hydrogen) atoms. The number of thioether (sulfide) groups is 1. The molecule has 0 aromatic heterocycles. The topological polar surface area (TPSA) is 78.4 Å². The van der Waals surface area contributed by atoms with Crippen LogP contribution in [0.15, 0.2) is 0 Å². The van der Waals surface area contributed by atoms with Crippen molar-refractivity contribution in [3.63, 3.8) is 0 Å². The fourth-order valence-electron chi connectivity index (χ4n) is 1.89. The van der Waals surface area contributed by atoms with Gasteiger partial charge in [0.25, 0.3) is 0 Å². The zero-order chi connectivity index (χ0) is 13.5. The fourth-order valence-corrected chi connectivity index (χ4v) is 3.00. The van der Waals surface area contributed by atoms with E-state index >= 15 is 0 Å². The minimum absolute atomic E-state index is 0.0739. The van der Waals surface area contributed by atoms with Crippen molar-refractivity contribution in [2.45, 2.75) is 45.2 Å². The Hall–Kier alpha value is -0.910. The highest BCUT2D eigenvalue weighted by Gasteiger charge is 2.26. The average Bonchev–Trinajstić information content (AvgIpc) is 2.36. The van der Waals surface area contributed by atoms with Gasteiger partial charge in [-0.1, -0.05) is 20.3 Å². The highest BCUT2D eigenvalue weighted by Crippen LogP contribution is 2.16. The van der Waals surface area contributed by atoms with Crippen molar-refractivity contribution in [2.75, 3.05) is 11.5 Å². The van der Waals surface area contributed by atoms with Crippen molar-refractivity contribution in [2.24, 2.45) is 5.92 Å². The van der Waals surface area contributed by atoms with Gasteiger partial charge in [0.1, 0.15) is 6.04 Å². The van der Waals surface area contributed by atoms with Crippen molar-refractivity contribution in [3.05, 3.63) is 0 Å². The molecule has 1 aliphatic heterocycles. The largest absolute Gasteiger partial charge is 0.480 e. The summed E-state index contributed by atoms with van der Waals surface area (Å²) >= 11 is 1.89. The molecule has 0 radical (unpaired) electrons. The Morgan fingerprint density at radius 1 is 1.39 bits per heavy atom. The summed E-state index contributed by atoms with van der Waals surface area (Å²) in [6.45, 7) is 3.74. The second-order valence-corrected chi connectivity index (χ2v) is 5.93. The van der Waals surface area contributed by atoms with E-state index in [-0.39, 0.29) is 18.0 Å². The molecule has 3 N–H and O–H groups in total. The van der Waals surface area contributed by atoms with Gasteiger partial charge in [0, 0.05) is 6.04 Å². The van der Waals surface area contributed by atoms with Gasteiger partial charge in [-0.25, -0.2) is 9.59 Å². The second-order valence-electron chi connectivity index (χ2n) is 4.71. The lowest BCUT2D eigenvalue weighted by Crippen LogP contribution is -2.51. The van der Waals surface area contributed by atoms with E-state index in [0.717, 1.165) is 30.8 Å². The number of carbonyl (C=O) groups excluding carboxylic acids is 1. The molecule has 104 valence electrons. The first-order chi connectivity index (χ1) is 8.54. The number of aliphatic carboxylic acids is 1. The summed E-state index contributed by atoms with van der Waals surface area (Å²) in [4.78, 5) is 22.8. The van der Waals surface area contributed by atoms with Crippen LogP contribution < -0.4 is 10.6 Å². The van der Waals surface area contributed by atoms with Crippen LogP contribution in [0, 0.1) is 5.92 Å². The Bertz CT molecular complexity index is 293. The smallest absolute Gasteiger partial charge is 0.326 e. The minimum Gasteiger partial charge on any atom is -0.480 e. The van der Waals surface area contributed by atoms with Crippen LogP contribution in [-0.4, -0.2) is 40.7 Å². The second kappa shape index (κ2) is 7.51. The van der Waals surface area contributed by atoms with E-state index in [1.54, 1.807) is 0 Å². The van der Waals surface area contributed by atoms with E-state index in [0.29, 0.717) is 0 Å². The van der Waals surface area contributed by atoms with E-state index in [1.807, 2.05) is 25.6 Å². The molecule has 0 spiro atoms. The third-order valence-corrected chi connectivity index (χ3v) is 4.37. The average molecular weight is 274 g/mol. The summed E-state index contributed by atoms with van der Waals surface area (Å²) in [5, 5.41) is 14.5. The summed E-state index contributed by atoms with van der Waals surface area (Å²) < 4.78 is 0. The van der Waals surface area contributed by atoms with Crippen molar-refractivity contribution in [3.8, 4) is 0 Å². The van der Waals surface area contributed by atoms with Gasteiger partial charge < -0.3 is 15.7 Å². The fraction of sp³-hybridized carbons (Fsp3) is 0.833. The van der Waals surface area contributed by atoms with Crippen LogP contribution in [0.5, 0.6) is 0 Å². The van der Waals surface area contributed by atoms with Crippen LogP contribution in [0.4, 0.5) is 4.79 Å². The first kappa shape index (κ1) is 15.1. The lowest BCUT2D eigenvalue weighted by atomic mass is 9.99. The van der Waals surface area contributed by atoms with Gasteiger partial charge in [-0.05, 0) is 30.3 Å². The summed E-state index contributed by atoms with van der Waals surface area (Å²) in [5.41, 5.74) is 0. The van der Waals surface area contributed by atoms with Crippen molar-refractivity contribution in [1.82, 2.24) is 10.6 Å². The molecule has 0 aliphatic carbocycles. The predicted molar refractivity (Wildman–Crippen MR) is 72.9 cm³/mol. The van der Waals surface area contributed by atoms with E-state index in [9.17, 15) is 9.59 Å². The zero-order valence-corrected chi connectivity index (χ0v) is 11.8. The quantitative estimate of drug-likeness (QED) is 0.713. The number of carboxylic acids is 1. The molecule has 5 nitrogen and oxygen atoms in total. The number of hydrogen-bond donors (Lipinski definition) is 3. The van der Waals surface area contributed by atoms with Crippen molar-refractivity contribution < 1.29 is 14.7 Å². The highest BCUT2D eigenvalue weighted by atomic mass is 32.2. The van der Waals surface area contributed by atoms with Gasteiger partial charge in [-0.15, -0.1) is 0 Å². The predicted octanol–water partition coefficient (Wildman–Crippen LogP) is 1.68. The molecule has 6 heteroatoms. The van der Waals surface area contributed by atoms with Crippen molar-refractivity contribution in [1.29, 1.82) is 0 Å². The van der Waals surface area contributed by atoms with E-state index in [2.05, 4.69) is 10.6 Å². The number of urea groups is 1. The van der Waals surface area contributed by atoms with Crippen LogP contribution >= 0.6 is 11.8 Å². The maximum Gasteiger partial charge on any atom is 0.326 e. The molecule has 1 aliphatic rings. The summed E-state index contributed by atoms with van der Waals surface area (Å²) in [5.74, 6) is 1.06. The monoisotopic (exact) mass is 274 g/mol. The number of hydrogen-bond acceptors (Lipinski definition) is 3. The first-order valence-electron chi connectivity index (χ1n) is 6.42. The molecule has 0 saturated carbocycles. The molecule has 0 bridgehead atoms. The Morgan fingerprint density at radius 3 is 2.50 bits per heavy atom. The third kappa shape index (κ3) is 4.76. The SMILES string of the molecule is CCC(C)[C@H](NC(=O)NC1CCSCC1)C(=O)O. The molecular formula is C12H22N2O3S. The number of rotatable bonds is 5. The number of carbonyl (C=O) groups is 2. The van der Waals surface area contributed by atoms with Crippen LogP contribution in [0.3, 0.4) is 0 Å². The standard InChI is InChI=1S/C12H22N2O3S/c1-3-8(2)10(11(15)16)14-12(17)13-9-4-6-18-7-5-9/h8-10H,3-7H2,1-2H3,(H,15,16)(H2,13,14,17)/t8?,10-/m0/s1. The molecule has 1 heterocycles. The van der Waals surface area contributed by atoms with Gasteiger partial charge in [0.2, 0.25) is 0 Å². The lowest BCUT2D eigenvalue weighted by Gasteiger charge is -2.25. The van der Waals surface area contributed by atoms with Gasteiger partial charge in [0.15, 0.2) is 0 Å². The van der Waals surface area contributed by atoms with E-state index in [1.165, 1.54) is 0 Å². The Labute approximate surface area is 112 Å². The summed E-state index contributed by atoms with van der Waals surface area (Å²) in [6.07, 6.45) is 2.63. The number of nitrogens with one attached hydrogen (secondary N) is 2. The first-order valence-corrected chi connectivity index (χ1v) is 7.57. The Balaban J connectivity index is 2.42. The summed E-state index contributed by atoms with van der Waals surface area (Å²) in [6, 6.07) is -0.995. The summed E-state index contributed by atoms with van der Waals surface area (Å²) in [7, 11) is 0. The van der Waals surface area contributed by atoms with Gasteiger partial charge >= 0.3 is 12.0 Å². The Kier molecular flexibility index (Phi) is 6.32. The molecule has 0 aromatic carbocycles. The minimum atomic E-state index is -0.973. The lowest BCUT2D eigenvalue weighted by molar-refractivity contribution is -0.140. The molecule has 1 saturated heterocycles. The van der Waals surface area contributed by atoms with Crippen LogP contribution in [0.25, 0.3) is 0 Å². The maximum atomic E-state index is 11.8. The van der Waals surface area contributed by atoms with Gasteiger partial charge in [-0.3, -0.25) is 0 Å². The van der Waals surface area contributed by atoms with E-state index in [4.69, 9.17) is 5.11 Å². The van der Waals surface area contributed by atoms with Gasteiger partial charge in [-0.2, -0.15) is 11.8 Å². The molecule has 0 aromatic rings. The molecule has 1 fully saturated rings. The van der Waals surface area contributed by atoms with Crippen LogP contribution in [0.2, 0.25) is 0 Å². The van der Waals surface area contributed by atoms with Gasteiger partial charge in [0.05, 0.1) is 0 Å². The number of carboxylic acid groups (broad SMARTS) is 1. The molecular weight excluding hydrogens is 252 g/mol. The van der Waals surface area contributed by atoms with Crippen LogP contribution in [-0.2, 0) is 4.79 Å². The molecule has 2 atom stereocenters. The zero-order valence-electron chi connectivity index (χ0n) is 10.9. The maximum absolute atomic E-state index is 11.8. The molecule has 2 amide bonds. The highest BCUT2D eigenvalue weighted by molar-refractivity contribution is 7.99. The molecule has 1 rings (SSSR count). The molecule has 1 unspecified atom stereocenters. The normalized spacial score (nSPS) is 19.9. The van der Waals surface area contributed by atoms with E-state index < -0.39 is 12.0 Å². The Morgan fingerprint density at radius 2 is 2.00 bits per heavy atom. The number of amides is 2. The van der Waals surface area contributed by atoms with Crippen molar-refractivity contribution >= 4 is 23.8 Å². The third-order valence-electron chi connectivity index (χ3n) is 3.32.